The lowest BCUT2D eigenvalue weighted by molar-refractivity contribution is 1.07. The monoisotopic (exact) mass is 696 g/mol. The zero-order chi connectivity index (χ0) is 35.7. The molecule has 8 nitrogen and oxygen atoms in total. The third-order valence-electron chi connectivity index (χ3n) is 8.85. The van der Waals surface area contributed by atoms with Crippen molar-refractivity contribution < 1.29 is 0 Å². The highest BCUT2D eigenvalue weighted by molar-refractivity contribution is 7.26. The predicted octanol–water partition coefficient (Wildman–Crippen LogP) is 10.2. The van der Waals surface area contributed by atoms with E-state index in [1.54, 1.807) is 35.6 Å². The van der Waals surface area contributed by atoms with Crippen molar-refractivity contribution in [2.75, 3.05) is 0 Å². The van der Waals surface area contributed by atoms with Crippen LogP contribution in [0.25, 0.3) is 88.5 Å². The molecule has 246 valence electrons. The van der Waals surface area contributed by atoms with Crippen LogP contribution in [0.4, 0.5) is 0 Å². The lowest BCUT2D eigenvalue weighted by Gasteiger charge is -2.09. The van der Waals surface area contributed by atoms with Crippen molar-refractivity contribution in [1.29, 1.82) is 10.5 Å². The third kappa shape index (κ3) is 6.04. The SMILES string of the molecule is N#Cc1ccc(-c2nc(-c3cccc(C#N)c3)nc(-c3cccc4c3sc3cc(-c5nc(-c6ccccc6)nc(-c6ccccc6)n5)ccc34)n2)cc1. The van der Waals surface area contributed by atoms with Crippen molar-refractivity contribution in [1.82, 2.24) is 29.9 Å². The molecule has 0 aliphatic carbocycles. The van der Waals surface area contributed by atoms with Gasteiger partial charge in [-0.25, -0.2) is 29.9 Å². The van der Waals surface area contributed by atoms with E-state index in [4.69, 9.17) is 29.9 Å². The average molecular weight is 697 g/mol. The third-order valence-corrected chi connectivity index (χ3v) is 10.1. The van der Waals surface area contributed by atoms with Crippen molar-refractivity contribution in [2.24, 2.45) is 0 Å². The largest absolute Gasteiger partial charge is 0.208 e. The summed E-state index contributed by atoms with van der Waals surface area (Å²) < 4.78 is 2.09. The van der Waals surface area contributed by atoms with E-state index in [2.05, 4.69) is 36.4 Å². The Bertz CT molecular complexity index is 2850. The van der Waals surface area contributed by atoms with Crippen molar-refractivity contribution in [2.45, 2.75) is 0 Å². The van der Waals surface area contributed by atoms with Crippen molar-refractivity contribution >= 4 is 31.5 Å². The predicted molar refractivity (Wildman–Crippen MR) is 208 cm³/mol. The summed E-state index contributed by atoms with van der Waals surface area (Å²) in [4.78, 5) is 29.5. The molecule has 0 aliphatic heterocycles. The maximum Gasteiger partial charge on any atom is 0.165 e. The Morgan fingerprint density at radius 1 is 0.377 bits per heavy atom. The summed E-state index contributed by atoms with van der Waals surface area (Å²) in [6.45, 7) is 0. The second-order valence-corrected chi connectivity index (χ2v) is 13.3. The quantitative estimate of drug-likeness (QED) is 0.168. The molecule has 3 aromatic heterocycles. The van der Waals surface area contributed by atoms with Crippen LogP contribution in [-0.2, 0) is 0 Å². The van der Waals surface area contributed by atoms with Crippen LogP contribution in [0.2, 0.25) is 0 Å². The number of nitrogens with zero attached hydrogens (tertiary/aromatic N) is 8. The smallest absolute Gasteiger partial charge is 0.165 e. The van der Waals surface area contributed by atoms with Gasteiger partial charge in [0, 0.05) is 53.6 Å². The Morgan fingerprint density at radius 2 is 0.868 bits per heavy atom. The van der Waals surface area contributed by atoms with Crippen LogP contribution in [-0.4, -0.2) is 29.9 Å². The Hall–Kier alpha value is -7.46. The van der Waals surface area contributed by atoms with E-state index in [1.165, 1.54) is 0 Å². The van der Waals surface area contributed by atoms with Crippen LogP contribution in [0.3, 0.4) is 0 Å². The molecule has 0 atom stereocenters. The maximum absolute atomic E-state index is 9.60. The highest BCUT2D eigenvalue weighted by atomic mass is 32.1. The highest BCUT2D eigenvalue weighted by Crippen LogP contribution is 2.41. The van der Waals surface area contributed by atoms with Gasteiger partial charge in [0.05, 0.1) is 23.3 Å². The minimum atomic E-state index is 0.449. The molecule has 53 heavy (non-hydrogen) atoms. The van der Waals surface area contributed by atoms with Gasteiger partial charge in [-0.1, -0.05) is 97.1 Å². The van der Waals surface area contributed by atoms with Crippen LogP contribution in [0.15, 0.2) is 146 Å². The van der Waals surface area contributed by atoms with Gasteiger partial charge in [0.1, 0.15) is 0 Å². The Morgan fingerprint density at radius 3 is 1.47 bits per heavy atom. The Balaban J connectivity index is 1.20. The van der Waals surface area contributed by atoms with Gasteiger partial charge in [0.2, 0.25) is 0 Å². The fourth-order valence-electron chi connectivity index (χ4n) is 6.23. The number of thiophene rings is 1. The molecule has 0 N–H and O–H groups in total. The molecule has 0 amide bonds. The van der Waals surface area contributed by atoms with Gasteiger partial charge in [-0.15, -0.1) is 11.3 Å². The lowest BCUT2D eigenvalue weighted by Crippen LogP contribution is -2.00. The molecule has 6 aromatic carbocycles. The van der Waals surface area contributed by atoms with Crippen LogP contribution in [0, 0.1) is 22.7 Å². The van der Waals surface area contributed by atoms with Crippen LogP contribution in [0.5, 0.6) is 0 Å². The number of hydrogen-bond donors (Lipinski definition) is 0. The first-order valence-electron chi connectivity index (χ1n) is 16.7. The molecule has 0 fully saturated rings. The van der Waals surface area contributed by atoms with Gasteiger partial charge < -0.3 is 0 Å². The normalized spacial score (nSPS) is 11.0. The van der Waals surface area contributed by atoms with E-state index in [9.17, 15) is 10.5 Å². The van der Waals surface area contributed by atoms with Gasteiger partial charge in [-0.3, -0.25) is 0 Å². The molecular weight excluding hydrogens is 673 g/mol. The molecule has 0 aliphatic rings. The standard InChI is InChI=1S/C44H24N8S/c45-25-27-17-19-31(20-18-27)41-50-42(32-14-7-9-28(23-32)26-46)52-44(51-41)36-16-8-15-35-34-22-21-33(24-37(34)53-38(35)36)43-48-39(29-10-3-1-4-11-29)47-40(49-43)30-12-5-2-6-13-30/h1-24H. The second-order valence-electron chi connectivity index (χ2n) is 12.2. The zero-order valence-corrected chi connectivity index (χ0v) is 28.7. The molecule has 0 bridgehead atoms. The summed E-state index contributed by atoms with van der Waals surface area (Å²) in [7, 11) is 0. The van der Waals surface area contributed by atoms with E-state index in [0.717, 1.165) is 48.0 Å². The molecule has 0 spiro atoms. The summed E-state index contributed by atoms with van der Waals surface area (Å²) in [5.41, 5.74) is 6.08. The summed E-state index contributed by atoms with van der Waals surface area (Å²) in [6.07, 6.45) is 0. The molecule has 9 heteroatoms. The van der Waals surface area contributed by atoms with Gasteiger partial charge in [0.15, 0.2) is 34.9 Å². The first kappa shape index (κ1) is 31.5. The fraction of sp³-hybridized carbons (Fsp3) is 0. The van der Waals surface area contributed by atoms with Crippen LogP contribution >= 0.6 is 11.3 Å². The highest BCUT2D eigenvalue weighted by Gasteiger charge is 2.18. The van der Waals surface area contributed by atoms with Crippen molar-refractivity contribution in [3.63, 3.8) is 0 Å². The number of rotatable bonds is 6. The van der Waals surface area contributed by atoms with Gasteiger partial charge in [-0.05, 0) is 48.5 Å². The van der Waals surface area contributed by atoms with Gasteiger partial charge in [0.25, 0.3) is 0 Å². The van der Waals surface area contributed by atoms with E-state index in [-0.39, 0.29) is 0 Å². The van der Waals surface area contributed by atoms with Crippen molar-refractivity contribution in [3.8, 4) is 80.5 Å². The van der Waals surface area contributed by atoms with Gasteiger partial charge >= 0.3 is 0 Å². The molecule has 0 radical (unpaired) electrons. The number of fused-ring (bicyclic) bond motifs is 3. The topological polar surface area (TPSA) is 125 Å². The minimum Gasteiger partial charge on any atom is -0.208 e. The number of nitriles is 2. The minimum absolute atomic E-state index is 0.449. The fourth-order valence-corrected chi connectivity index (χ4v) is 7.48. The first-order chi connectivity index (χ1) is 26.1. The van der Waals surface area contributed by atoms with E-state index in [0.29, 0.717) is 51.6 Å². The molecule has 0 saturated carbocycles. The lowest BCUT2D eigenvalue weighted by atomic mass is 10.1. The average Bonchev–Trinajstić information content (AvgIpc) is 3.62. The Kier molecular flexibility index (Phi) is 7.94. The molecule has 9 rings (SSSR count). The second kappa shape index (κ2) is 13.3. The number of aromatic nitrogens is 6. The van der Waals surface area contributed by atoms with Crippen LogP contribution in [0.1, 0.15) is 11.1 Å². The van der Waals surface area contributed by atoms with E-state index >= 15 is 0 Å². The first-order valence-corrected chi connectivity index (χ1v) is 17.6. The molecule has 9 aromatic rings. The zero-order valence-electron chi connectivity index (χ0n) is 27.8. The molecule has 3 heterocycles. The summed E-state index contributed by atoms with van der Waals surface area (Å²) in [5, 5.41) is 21.1. The molecule has 0 saturated heterocycles. The summed E-state index contributed by atoms with van der Waals surface area (Å²) >= 11 is 1.66. The van der Waals surface area contributed by atoms with Gasteiger partial charge in [-0.2, -0.15) is 10.5 Å². The van der Waals surface area contributed by atoms with E-state index < -0.39 is 0 Å². The van der Waals surface area contributed by atoms with E-state index in [1.807, 2.05) is 97.1 Å². The molecular formula is C44H24N8S. The van der Waals surface area contributed by atoms with Crippen molar-refractivity contribution in [3.05, 3.63) is 157 Å². The summed E-state index contributed by atoms with van der Waals surface area (Å²) in [5.74, 6) is 3.23. The molecule has 0 unspecified atom stereocenters. The number of benzene rings is 6. The summed E-state index contributed by atoms with van der Waals surface area (Å²) in [6, 6.07) is 51.1. The van der Waals surface area contributed by atoms with Crippen LogP contribution < -0.4 is 0 Å². The maximum atomic E-state index is 9.60. The Labute approximate surface area is 308 Å². The number of hydrogen-bond acceptors (Lipinski definition) is 9.